The molecule has 1 saturated carbocycles. The molecule has 2 aromatic heterocycles. The predicted molar refractivity (Wildman–Crippen MR) is 97.1 cm³/mol. The highest BCUT2D eigenvalue weighted by Crippen LogP contribution is 2.49. The third-order valence-corrected chi connectivity index (χ3v) is 6.05. The Hall–Kier alpha value is -2.14. The van der Waals surface area contributed by atoms with E-state index in [9.17, 15) is 4.79 Å². The van der Waals surface area contributed by atoms with E-state index in [1.807, 2.05) is 48.5 Å². The number of aromatic nitrogens is 2. The van der Waals surface area contributed by atoms with Crippen LogP contribution in [0.4, 0.5) is 0 Å². The number of rotatable bonds is 4. The van der Waals surface area contributed by atoms with Crippen LogP contribution in [0.3, 0.4) is 0 Å². The summed E-state index contributed by atoms with van der Waals surface area (Å²) < 4.78 is 1.92. The van der Waals surface area contributed by atoms with E-state index in [0.29, 0.717) is 11.5 Å². The topological polar surface area (TPSA) is 50.2 Å². The highest BCUT2D eigenvalue weighted by Gasteiger charge is 2.48. The van der Waals surface area contributed by atoms with Crippen molar-refractivity contribution < 1.29 is 4.79 Å². The zero-order chi connectivity index (χ0) is 17.3. The number of carbonyl (C=O) groups excluding carboxylic acids is 1. The maximum absolute atomic E-state index is 12.5. The van der Waals surface area contributed by atoms with Gasteiger partial charge in [0, 0.05) is 44.4 Å². The predicted octanol–water partition coefficient (Wildman–Crippen LogP) is 2.59. The van der Waals surface area contributed by atoms with E-state index in [2.05, 4.69) is 21.3 Å². The lowest BCUT2D eigenvalue weighted by atomic mass is 9.59. The minimum absolute atomic E-state index is 0.0717. The zero-order valence-corrected chi connectivity index (χ0v) is 14.8. The molecule has 5 heteroatoms. The summed E-state index contributed by atoms with van der Waals surface area (Å²) >= 11 is 0. The summed E-state index contributed by atoms with van der Waals surface area (Å²) in [6, 6.07) is 6.36. The first kappa shape index (κ1) is 16.3. The van der Waals surface area contributed by atoms with Crippen molar-refractivity contribution >= 4 is 5.91 Å². The van der Waals surface area contributed by atoms with E-state index in [1.54, 1.807) is 0 Å². The molecule has 1 atom stereocenters. The van der Waals surface area contributed by atoms with Crippen molar-refractivity contribution in [1.29, 1.82) is 0 Å². The Labute approximate surface area is 149 Å². The van der Waals surface area contributed by atoms with Crippen molar-refractivity contribution in [3.05, 3.63) is 54.1 Å². The summed E-state index contributed by atoms with van der Waals surface area (Å²) in [6.07, 6.45) is 12.3. The van der Waals surface area contributed by atoms with Crippen LogP contribution in [-0.4, -0.2) is 39.5 Å². The maximum atomic E-state index is 12.5. The monoisotopic (exact) mass is 338 g/mol. The van der Waals surface area contributed by atoms with Gasteiger partial charge in [0.2, 0.25) is 0 Å². The summed E-state index contributed by atoms with van der Waals surface area (Å²) in [7, 11) is 1.94. The summed E-state index contributed by atoms with van der Waals surface area (Å²) in [5.74, 6) is 0.0717. The Morgan fingerprint density at radius 3 is 2.76 bits per heavy atom. The second-order valence-corrected chi connectivity index (χ2v) is 7.63. The molecule has 3 heterocycles. The number of amides is 1. The third-order valence-electron chi connectivity index (χ3n) is 6.05. The van der Waals surface area contributed by atoms with Crippen LogP contribution in [0.25, 0.3) is 0 Å². The number of nitrogens with zero attached hydrogens (tertiary/aromatic N) is 3. The van der Waals surface area contributed by atoms with Crippen molar-refractivity contribution in [2.75, 3.05) is 13.1 Å². The third kappa shape index (κ3) is 3.33. The molecular formula is C20H26N4O. The zero-order valence-electron chi connectivity index (χ0n) is 14.8. The molecule has 1 saturated heterocycles. The molecule has 2 fully saturated rings. The van der Waals surface area contributed by atoms with Crippen LogP contribution in [0.1, 0.15) is 41.6 Å². The molecule has 25 heavy (non-hydrogen) atoms. The molecule has 1 aliphatic carbocycles. The van der Waals surface area contributed by atoms with Gasteiger partial charge in [-0.25, -0.2) is 0 Å². The number of carbonyl (C=O) groups is 1. The van der Waals surface area contributed by atoms with Gasteiger partial charge in [-0.3, -0.25) is 14.7 Å². The molecule has 0 bridgehead atoms. The molecule has 1 N–H and O–H groups in total. The van der Waals surface area contributed by atoms with Crippen LogP contribution in [0.15, 0.2) is 43.0 Å². The lowest BCUT2D eigenvalue weighted by molar-refractivity contribution is -0.00712. The van der Waals surface area contributed by atoms with Gasteiger partial charge in [0.1, 0.15) is 0 Å². The quantitative estimate of drug-likeness (QED) is 0.932. The largest absolute Gasteiger partial charge is 0.356 e. The van der Waals surface area contributed by atoms with Crippen LogP contribution < -0.4 is 5.32 Å². The highest BCUT2D eigenvalue weighted by atomic mass is 16.1. The molecule has 132 valence electrons. The van der Waals surface area contributed by atoms with Crippen molar-refractivity contribution in [2.45, 2.75) is 38.3 Å². The second kappa shape index (κ2) is 6.64. The molecule has 4 rings (SSSR count). The molecular weight excluding hydrogens is 312 g/mol. The minimum Gasteiger partial charge on any atom is -0.356 e. The van der Waals surface area contributed by atoms with E-state index >= 15 is 0 Å². The van der Waals surface area contributed by atoms with E-state index in [-0.39, 0.29) is 5.91 Å². The Morgan fingerprint density at radius 2 is 2.16 bits per heavy atom. The fraction of sp³-hybridized carbons (Fsp3) is 0.500. The molecule has 2 aliphatic rings. The van der Waals surface area contributed by atoms with Crippen LogP contribution in [0.5, 0.6) is 0 Å². The number of nitrogens with one attached hydrogen (secondary N) is 1. The van der Waals surface area contributed by atoms with Gasteiger partial charge < -0.3 is 9.88 Å². The number of aryl methyl sites for hydroxylation is 1. The summed E-state index contributed by atoms with van der Waals surface area (Å²) in [5.41, 5.74) is 2.36. The molecule has 1 aliphatic heterocycles. The molecule has 1 spiro atoms. The number of piperidine rings is 1. The lowest BCUT2D eigenvalue weighted by Gasteiger charge is -2.54. The molecule has 1 amide bonds. The average molecular weight is 338 g/mol. The highest BCUT2D eigenvalue weighted by molar-refractivity contribution is 5.94. The van der Waals surface area contributed by atoms with E-state index < -0.39 is 0 Å². The maximum Gasteiger partial charge on any atom is 0.253 e. The van der Waals surface area contributed by atoms with Crippen molar-refractivity contribution in [3.63, 3.8) is 0 Å². The molecule has 0 unspecified atom stereocenters. The van der Waals surface area contributed by atoms with Crippen molar-refractivity contribution in [3.8, 4) is 0 Å². The normalized spacial score (nSPS) is 22.5. The van der Waals surface area contributed by atoms with Gasteiger partial charge in [-0.05, 0) is 61.9 Å². The van der Waals surface area contributed by atoms with Gasteiger partial charge in [0.05, 0.1) is 5.56 Å². The Bertz CT molecular complexity index is 731. The van der Waals surface area contributed by atoms with Gasteiger partial charge in [0.15, 0.2) is 0 Å². The first-order chi connectivity index (χ1) is 12.1. The first-order valence-electron chi connectivity index (χ1n) is 9.19. The fourth-order valence-electron chi connectivity index (χ4n) is 4.31. The Morgan fingerprint density at radius 1 is 1.32 bits per heavy atom. The second-order valence-electron chi connectivity index (χ2n) is 7.63. The Kier molecular flexibility index (Phi) is 4.34. The Balaban J connectivity index is 1.32. The van der Waals surface area contributed by atoms with E-state index in [1.165, 1.54) is 24.8 Å². The van der Waals surface area contributed by atoms with Crippen molar-refractivity contribution in [2.24, 2.45) is 12.5 Å². The van der Waals surface area contributed by atoms with Crippen molar-refractivity contribution in [1.82, 2.24) is 19.8 Å². The lowest BCUT2D eigenvalue weighted by Crippen LogP contribution is -2.59. The fourth-order valence-corrected chi connectivity index (χ4v) is 4.31. The van der Waals surface area contributed by atoms with Crippen LogP contribution >= 0.6 is 0 Å². The SMILES string of the molecule is Cn1ccc(C(=O)N[C@H]2CCC23CCN(Cc2cccnc2)CC3)c1. The summed E-state index contributed by atoms with van der Waals surface area (Å²) in [4.78, 5) is 19.2. The van der Waals surface area contributed by atoms with Crippen LogP contribution in [-0.2, 0) is 13.6 Å². The summed E-state index contributed by atoms with van der Waals surface area (Å²) in [6.45, 7) is 3.18. The summed E-state index contributed by atoms with van der Waals surface area (Å²) in [5, 5.41) is 3.29. The smallest absolute Gasteiger partial charge is 0.253 e. The van der Waals surface area contributed by atoms with E-state index in [0.717, 1.165) is 31.6 Å². The van der Waals surface area contributed by atoms with Gasteiger partial charge >= 0.3 is 0 Å². The molecule has 5 nitrogen and oxygen atoms in total. The molecule has 2 aromatic rings. The van der Waals surface area contributed by atoms with Gasteiger partial charge in [-0.15, -0.1) is 0 Å². The molecule has 0 radical (unpaired) electrons. The first-order valence-corrected chi connectivity index (χ1v) is 9.19. The van der Waals surface area contributed by atoms with Gasteiger partial charge in [-0.2, -0.15) is 0 Å². The van der Waals surface area contributed by atoms with E-state index in [4.69, 9.17) is 0 Å². The number of pyridine rings is 1. The number of hydrogen-bond acceptors (Lipinski definition) is 3. The van der Waals surface area contributed by atoms with Gasteiger partial charge in [-0.1, -0.05) is 6.07 Å². The standard InChI is InChI=1S/C20H26N4O/c1-23-10-5-17(15-23)19(25)22-18-4-6-20(18)7-11-24(12-8-20)14-16-3-2-9-21-13-16/h2-3,5,9-10,13,15,18H,4,6-8,11-12,14H2,1H3,(H,22,25)/t18-/m0/s1. The van der Waals surface area contributed by atoms with Gasteiger partial charge in [0.25, 0.3) is 5.91 Å². The molecule has 0 aromatic carbocycles. The number of likely N-dealkylation sites (tertiary alicyclic amines) is 1. The van der Waals surface area contributed by atoms with Crippen LogP contribution in [0, 0.1) is 5.41 Å². The minimum atomic E-state index is 0.0717. The average Bonchev–Trinajstić information content (AvgIpc) is 3.07. The number of hydrogen-bond donors (Lipinski definition) is 1. The van der Waals surface area contributed by atoms with Crippen LogP contribution in [0.2, 0.25) is 0 Å².